The molecule has 0 radical (unpaired) electrons. The molecule has 0 bridgehead atoms. The highest BCUT2D eigenvalue weighted by atomic mass is 35.5. The van der Waals surface area contributed by atoms with Crippen LogP contribution in [0.15, 0.2) is 12.3 Å². The Labute approximate surface area is 45.1 Å². The third kappa shape index (κ3) is 0.747. The Morgan fingerprint density at radius 3 is 2.57 bits per heavy atom. The van der Waals surface area contributed by atoms with Crippen molar-refractivity contribution in [3.63, 3.8) is 0 Å². The monoisotopic (exact) mass is 119 g/mol. The molecule has 3 heteroatoms. The van der Waals surface area contributed by atoms with Gasteiger partial charge in [-0.05, 0) is 6.07 Å². The SMILES string of the molecule is Fc1[nH]ccc1Cl. The van der Waals surface area contributed by atoms with Crippen LogP contribution in [0.1, 0.15) is 0 Å². The predicted octanol–water partition coefficient (Wildman–Crippen LogP) is 1.81. The normalized spacial score (nSPS) is 9.43. The smallest absolute Gasteiger partial charge is 0.209 e. The fraction of sp³-hybridized carbons (Fsp3) is 0. The molecule has 0 unspecified atom stereocenters. The summed E-state index contributed by atoms with van der Waals surface area (Å²) in [5.74, 6) is -0.471. The highest BCUT2D eigenvalue weighted by molar-refractivity contribution is 6.30. The Kier molecular flexibility index (Phi) is 1.02. The summed E-state index contributed by atoms with van der Waals surface area (Å²) in [5, 5.41) is 0.139. The van der Waals surface area contributed by atoms with E-state index in [2.05, 4.69) is 4.98 Å². The van der Waals surface area contributed by atoms with Gasteiger partial charge in [-0.3, -0.25) is 0 Å². The molecule has 0 aromatic carbocycles. The molecular formula is C4H3ClFN. The first-order valence-corrected chi connectivity index (χ1v) is 2.17. The van der Waals surface area contributed by atoms with Crippen LogP contribution in [-0.4, -0.2) is 4.98 Å². The van der Waals surface area contributed by atoms with Gasteiger partial charge in [0.2, 0.25) is 5.95 Å². The van der Waals surface area contributed by atoms with Crippen molar-refractivity contribution >= 4 is 11.6 Å². The molecule has 7 heavy (non-hydrogen) atoms. The van der Waals surface area contributed by atoms with E-state index < -0.39 is 5.95 Å². The van der Waals surface area contributed by atoms with E-state index in [1.165, 1.54) is 12.3 Å². The first-order chi connectivity index (χ1) is 3.30. The molecule has 0 spiro atoms. The molecule has 0 atom stereocenters. The number of H-pyrrole nitrogens is 1. The minimum absolute atomic E-state index is 0.139. The number of halogens is 2. The molecule has 1 aromatic heterocycles. The molecule has 0 amide bonds. The number of hydrogen-bond donors (Lipinski definition) is 1. The Morgan fingerprint density at radius 2 is 2.43 bits per heavy atom. The third-order valence-electron chi connectivity index (χ3n) is 0.649. The molecule has 1 heterocycles. The van der Waals surface area contributed by atoms with Gasteiger partial charge in [0.25, 0.3) is 0 Å². The van der Waals surface area contributed by atoms with Crippen molar-refractivity contribution in [2.75, 3.05) is 0 Å². The van der Waals surface area contributed by atoms with Crippen molar-refractivity contribution in [2.45, 2.75) is 0 Å². The number of aromatic nitrogens is 1. The topological polar surface area (TPSA) is 15.8 Å². The molecule has 0 saturated heterocycles. The summed E-state index contributed by atoms with van der Waals surface area (Å²) in [5.41, 5.74) is 0. The van der Waals surface area contributed by atoms with Crippen LogP contribution in [0.25, 0.3) is 0 Å². The maximum atomic E-state index is 11.9. The van der Waals surface area contributed by atoms with Crippen molar-refractivity contribution in [3.8, 4) is 0 Å². The van der Waals surface area contributed by atoms with E-state index in [9.17, 15) is 4.39 Å². The molecule has 0 saturated carbocycles. The second kappa shape index (κ2) is 1.54. The Morgan fingerprint density at radius 1 is 1.71 bits per heavy atom. The standard InChI is InChI=1S/C4H3ClFN/c5-3-1-2-7-4(3)6/h1-2,7H. The third-order valence-corrected chi connectivity index (χ3v) is 0.941. The quantitative estimate of drug-likeness (QED) is 0.536. The largest absolute Gasteiger partial charge is 0.337 e. The number of nitrogens with one attached hydrogen (secondary N) is 1. The second-order valence-electron chi connectivity index (χ2n) is 1.14. The Bertz CT molecular complexity index is 144. The van der Waals surface area contributed by atoms with Crippen molar-refractivity contribution in [2.24, 2.45) is 0 Å². The van der Waals surface area contributed by atoms with Gasteiger partial charge < -0.3 is 4.98 Å². The average molecular weight is 120 g/mol. The summed E-state index contributed by atoms with van der Waals surface area (Å²) in [6, 6.07) is 1.46. The van der Waals surface area contributed by atoms with Gasteiger partial charge in [-0.15, -0.1) is 0 Å². The molecule has 0 aliphatic rings. The van der Waals surface area contributed by atoms with Crippen molar-refractivity contribution < 1.29 is 4.39 Å². The Balaban J connectivity index is 3.12. The van der Waals surface area contributed by atoms with Gasteiger partial charge in [-0.25, -0.2) is 0 Å². The first-order valence-electron chi connectivity index (χ1n) is 1.79. The zero-order chi connectivity index (χ0) is 5.28. The summed E-state index contributed by atoms with van der Waals surface area (Å²) < 4.78 is 11.9. The van der Waals surface area contributed by atoms with Crippen LogP contribution in [0, 0.1) is 5.95 Å². The second-order valence-corrected chi connectivity index (χ2v) is 1.55. The lowest BCUT2D eigenvalue weighted by molar-refractivity contribution is 0.592. The highest BCUT2D eigenvalue weighted by Crippen LogP contribution is 2.09. The molecule has 1 aromatic rings. The highest BCUT2D eigenvalue weighted by Gasteiger charge is 1.93. The molecule has 38 valence electrons. The molecule has 0 fully saturated rings. The van der Waals surface area contributed by atoms with Crippen LogP contribution in [0.2, 0.25) is 5.02 Å². The maximum absolute atomic E-state index is 11.9. The minimum Gasteiger partial charge on any atom is -0.337 e. The first kappa shape index (κ1) is 4.65. The van der Waals surface area contributed by atoms with E-state index in [1.807, 2.05) is 0 Å². The van der Waals surface area contributed by atoms with Gasteiger partial charge in [0.1, 0.15) is 0 Å². The van der Waals surface area contributed by atoms with E-state index in [1.54, 1.807) is 0 Å². The van der Waals surface area contributed by atoms with Gasteiger partial charge in [0.15, 0.2) is 0 Å². The summed E-state index contributed by atoms with van der Waals surface area (Å²) in [7, 11) is 0. The zero-order valence-corrected chi connectivity index (χ0v) is 4.17. The molecular weight excluding hydrogens is 117 g/mol. The molecule has 1 rings (SSSR count). The van der Waals surface area contributed by atoms with Gasteiger partial charge in [-0.1, -0.05) is 11.6 Å². The van der Waals surface area contributed by atoms with Crippen molar-refractivity contribution in [1.29, 1.82) is 0 Å². The van der Waals surface area contributed by atoms with E-state index in [0.717, 1.165) is 0 Å². The number of hydrogen-bond acceptors (Lipinski definition) is 0. The molecule has 1 nitrogen and oxygen atoms in total. The lowest BCUT2D eigenvalue weighted by Gasteiger charge is -1.73. The van der Waals surface area contributed by atoms with Crippen molar-refractivity contribution in [3.05, 3.63) is 23.2 Å². The van der Waals surface area contributed by atoms with Gasteiger partial charge in [-0.2, -0.15) is 4.39 Å². The van der Waals surface area contributed by atoms with E-state index >= 15 is 0 Å². The molecule has 0 aliphatic carbocycles. The lowest BCUT2D eigenvalue weighted by Crippen LogP contribution is -1.65. The van der Waals surface area contributed by atoms with Crippen molar-refractivity contribution in [1.82, 2.24) is 4.98 Å². The average Bonchev–Trinajstić information content (AvgIpc) is 1.91. The maximum Gasteiger partial charge on any atom is 0.209 e. The summed E-state index contributed by atoms with van der Waals surface area (Å²) in [6.07, 6.45) is 1.44. The van der Waals surface area contributed by atoms with Crippen LogP contribution < -0.4 is 0 Å². The Hall–Kier alpha value is -0.500. The van der Waals surface area contributed by atoms with E-state index in [0.29, 0.717) is 0 Å². The lowest BCUT2D eigenvalue weighted by atomic mass is 10.7. The van der Waals surface area contributed by atoms with E-state index in [-0.39, 0.29) is 5.02 Å². The summed E-state index contributed by atoms with van der Waals surface area (Å²) in [4.78, 5) is 2.27. The van der Waals surface area contributed by atoms with Crippen LogP contribution in [0.5, 0.6) is 0 Å². The zero-order valence-electron chi connectivity index (χ0n) is 3.41. The van der Waals surface area contributed by atoms with Gasteiger partial charge >= 0.3 is 0 Å². The van der Waals surface area contributed by atoms with Crippen LogP contribution in [-0.2, 0) is 0 Å². The fourth-order valence-electron chi connectivity index (χ4n) is 0.330. The molecule has 1 N–H and O–H groups in total. The summed E-state index contributed by atoms with van der Waals surface area (Å²) in [6.45, 7) is 0. The number of aromatic amines is 1. The minimum atomic E-state index is -0.471. The van der Waals surface area contributed by atoms with Crippen LogP contribution in [0.4, 0.5) is 4.39 Å². The van der Waals surface area contributed by atoms with Crippen LogP contribution >= 0.6 is 11.6 Å². The van der Waals surface area contributed by atoms with Gasteiger partial charge in [0.05, 0.1) is 5.02 Å². The molecule has 0 aliphatic heterocycles. The predicted molar refractivity (Wildman–Crippen MR) is 25.8 cm³/mol. The summed E-state index contributed by atoms with van der Waals surface area (Å²) >= 11 is 5.22. The van der Waals surface area contributed by atoms with Crippen LogP contribution in [0.3, 0.4) is 0 Å². The van der Waals surface area contributed by atoms with E-state index in [4.69, 9.17) is 11.6 Å². The number of rotatable bonds is 0. The van der Waals surface area contributed by atoms with Gasteiger partial charge in [0, 0.05) is 6.20 Å². The fourth-order valence-corrected chi connectivity index (χ4v) is 0.448.